The topological polar surface area (TPSA) is 66.5 Å². The van der Waals surface area contributed by atoms with Crippen LogP contribution in [0.15, 0.2) is 42.6 Å². The van der Waals surface area contributed by atoms with Crippen LogP contribution in [0.25, 0.3) is 0 Å². The number of carbonyl (C=O) groups is 1. The highest BCUT2D eigenvalue weighted by molar-refractivity contribution is 5.94. The van der Waals surface area contributed by atoms with Crippen molar-refractivity contribution in [1.29, 1.82) is 0 Å². The van der Waals surface area contributed by atoms with Crippen molar-refractivity contribution in [2.75, 3.05) is 46.2 Å². The Bertz CT molecular complexity index is 671. The van der Waals surface area contributed by atoms with Crippen molar-refractivity contribution in [1.82, 2.24) is 15.2 Å². The standard InChI is InChI=1S/C19H26N4O2/c1-23(2)12-11-20-18-8-7-16(14-22-18)19(24)21-10-9-15-5-4-6-17(13-15)25-3/h4-8,13-14H,9-12H2,1-3H3,(H,20,22)(H,21,24). The number of pyridine rings is 1. The molecule has 0 bridgehead atoms. The van der Waals surface area contributed by atoms with E-state index in [1.807, 2.05) is 44.4 Å². The van der Waals surface area contributed by atoms with Gasteiger partial charge in [-0.15, -0.1) is 0 Å². The van der Waals surface area contributed by atoms with Gasteiger partial charge in [0.15, 0.2) is 0 Å². The number of anilines is 1. The number of hydrogen-bond acceptors (Lipinski definition) is 5. The fraction of sp³-hybridized carbons (Fsp3) is 0.368. The molecule has 0 radical (unpaired) electrons. The number of nitrogens with zero attached hydrogens (tertiary/aromatic N) is 2. The van der Waals surface area contributed by atoms with Crippen LogP contribution in [0.1, 0.15) is 15.9 Å². The lowest BCUT2D eigenvalue weighted by Gasteiger charge is -2.11. The zero-order valence-corrected chi connectivity index (χ0v) is 15.1. The van der Waals surface area contributed by atoms with E-state index in [0.717, 1.165) is 36.6 Å². The van der Waals surface area contributed by atoms with E-state index in [4.69, 9.17) is 4.74 Å². The van der Waals surface area contributed by atoms with Crippen LogP contribution in [0.3, 0.4) is 0 Å². The van der Waals surface area contributed by atoms with Crippen molar-refractivity contribution >= 4 is 11.7 Å². The molecule has 1 aromatic carbocycles. The summed E-state index contributed by atoms with van der Waals surface area (Å²) in [7, 11) is 5.69. The molecule has 134 valence electrons. The molecule has 6 heteroatoms. The van der Waals surface area contributed by atoms with Gasteiger partial charge in [0, 0.05) is 25.8 Å². The predicted molar refractivity (Wildman–Crippen MR) is 100 cm³/mol. The van der Waals surface area contributed by atoms with Crippen molar-refractivity contribution in [2.24, 2.45) is 0 Å². The lowest BCUT2D eigenvalue weighted by atomic mass is 10.1. The van der Waals surface area contributed by atoms with Gasteiger partial charge in [0.1, 0.15) is 11.6 Å². The maximum absolute atomic E-state index is 12.2. The predicted octanol–water partition coefficient (Wildman–Crippen LogP) is 2.04. The minimum absolute atomic E-state index is 0.116. The first-order valence-corrected chi connectivity index (χ1v) is 8.34. The van der Waals surface area contributed by atoms with Crippen molar-refractivity contribution < 1.29 is 9.53 Å². The fourth-order valence-corrected chi connectivity index (χ4v) is 2.29. The minimum atomic E-state index is -0.116. The number of benzene rings is 1. The number of amides is 1. The van der Waals surface area contributed by atoms with Crippen LogP contribution >= 0.6 is 0 Å². The van der Waals surface area contributed by atoms with E-state index in [0.29, 0.717) is 12.1 Å². The van der Waals surface area contributed by atoms with E-state index in [1.165, 1.54) is 0 Å². The fourth-order valence-electron chi connectivity index (χ4n) is 2.29. The Morgan fingerprint density at radius 1 is 1.20 bits per heavy atom. The molecule has 0 aliphatic heterocycles. The lowest BCUT2D eigenvalue weighted by molar-refractivity contribution is 0.0954. The van der Waals surface area contributed by atoms with Crippen LogP contribution in [-0.4, -0.2) is 56.6 Å². The normalized spacial score (nSPS) is 10.6. The van der Waals surface area contributed by atoms with Crippen LogP contribution in [0.2, 0.25) is 0 Å². The third-order valence-corrected chi connectivity index (χ3v) is 3.72. The minimum Gasteiger partial charge on any atom is -0.497 e. The Morgan fingerprint density at radius 2 is 2.04 bits per heavy atom. The molecule has 0 saturated heterocycles. The zero-order valence-electron chi connectivity index (χ0n) is 15.1. The third kappa shape index (κ3) is 6.43. The highest BCUT2D eigenvalue weighted by atomic mass is 16.5. The first-order valence-electron chi connectivity index (χ1n) is 8.34. The van der Waals surface area contributed by atoms with E-state index < -0.39 is 0 Å². The summed E-state index contributed by atoms with van der Waals surface area (Å²) in [5.74, 6) is 1.48. The van der Waals surface area contributed by atoms with E-state index in [-0.39, 0.29) is 5.91 Å². The first-order chi connectivity index (χ1) is 12.1. The Kier molecular flexibility index (Phi) is 7.22. The number of likely N-dealkylation sites (N-methyl/N-ethyl adjacent to an activating group) is 1. The number of nitrogens with one attached hydrogen (secondary N) is 2. The number of carbonyl (C=O) groups excluding carboxylic acids is 1. The number of rotatable bonds is 9. The lowest BCUT2D eigenvalue weighted by Crippen LogP contribution is -2.26. The zero-order chi connectivity index (χ0) is 18.1. The van der Waals surface area contributed by atoms with Crippen LogP contribution in [0.4, 0.5) is 5.82 Å². The van der Waals surface area contributed by atoms with Gasteiger partial charge < -0.3 is 20.3 Å². The Hall–Kier alpha value is -2.60. The average molecular weight is 342 g/mol. The molecule has 1 heterocycles. The van der Waals surface area contributed by atoms with Crippen molar-refractivity contribution in [3.8, 4) is 5.75 Å². The smallest absolute Gasteiger partial charge is 0.252 e. The molecule has 1 amide bonds. The molecule has 2 aromatic rings. The molecule has 0 aliphatic carbocycles. The highest BCUT2D eigenvalue weighted by Gasteiger charge is 2.06. The maximum atomic E-state index is 12.2. The molecule has 0 atom stereocenters. The summed E-state index contributed by atoms with van der Waals surface area (Å²) >= 11 is 0. The van der Waals surface area contributed by atoms with E-state index in [2.05, 4.69) is 20.5 Å². The van der Waals surface area contributed by atoms with Crippen LogP contribution < -0.4 is 15.4 Å². The van der Waals surface area contributed by atoms with E-state index in [1.54, 1.807) is 19.4 Å². The Labute approximate surface area is 149 Å². The van der Waals surface area contributed by atoms with Gasteiger partial charge in [0.2, 0.25) is 0 Å². The second kappa shape index (κ2) is 9.64. The largest absolute Gasteiger partial charge is 0.497 e. The first kappa shape index (κ1) is 18.7. The molecule has 6 nitrogen and oxygen atoms in total. The molecule has 2 rings (SSSR count). The number of ether oxygens (including phenoxy) is 1. The number of aromatic nitrogens is 1. The van der Waals surface area contributed by atoms with Crippen LogP contribution in [0, 0.1) is 0 Å². The molecule has 0 unspecified atom stereocenters. The maximum Gasteiger partial charge on any atom is 0.252 e. The number of hydrogen-bond donors (Lipinski definition) is 2. The molecule has 0 spiro atoms. The van der Waals surface area contributed by atoms with Gasteiger partial charge in [-0.3, -0.25) is 4.79 Å². The Balaban J connectivity index is 1.78. The van der Waals surface area contributed by atoms with Gasteiger partial charge in [-0.05, 0) is 50.3 Å². The summed E-state index contributed by atoms with van der Waals surface area (Å²) in [6, 6.07) is 11.5. The molecule has 2 N–H and O–H groups in total. The van der Waals surface area contributed by atoms with Gasteiger partial charge >= 0.3 is 0 Å². The van der Waals surface area contributed by atoms with E-state index >= 15 is 0 Å². The van der Waals surface area contributed by atoms with Crippen molar-refractivity contribution in [3.63, 3.8) is 0 Å². The monoisotopic (exact) mass is 342 g/mol. The summed E-state index contributed by atoms with van der Waals surface area (Å²) in [4.78, 5) is 18.5. The van der Waals surface area contributed by atoms with Gasteiger partial charge in [-0.2, -0.15) is 0 Å². The van der Waals surface area contributed by atoms with Gasteiger partial charge in [0.05, 0.1) is 12.7 Å². The van der Waals surface area contributed by atoms with Gasteiger partial charge in [-0.1, -0.05) is 12.1 Å². The average Bonchev–Trinajstić information content (AvgIpc) is 2.62. The summed E-state index contributed by atoms with van der Waals surface area (Å²) in [5.41, 5.74) is 1.68. The molecule has 0 fully saturated rings. The SMILES string of the molecule is COc1cccc(CCNC(=O)c2ccc(NCCN(C)C)nc2)c1. The molecule has 0 aliphatic rings. The molecule has 1 aromatic heterocycles. The highest BCUT2D eigenvalue weighted by Crippen LogP contribution is 2.12. The summed E-state index contributed by atoms with van der Waals surface area (Å²) in [5, 5.41) is 6.14. The Morgan fingerprint density at radius 3 is 2.72 bits per heavy atom. The summed E-state index contributed by atoms with van der Waals surface area (Å²) < 4.78 is 5.20. The molecular weight excluding hydrogens is 316 g/mol. The van der Waals surface area contributed by atoms with Crippen LogP contribution in [0.5, 0.6) is 5.75 Å². The third-order valence-electron chi connectivity index (χ3n) is 3.72. The van der Waals surface area contributed by atoms with Crippen molar-refractivity contribution in [2.45, 2.75) is 6.42 Å². The van der Waals surface area contributed by atoms with Gasteiger partial charge in [-0.25, -0.2) is 4.98 Å². The second-order valence-electron chi connectivity index (χ2n) is 6.02. The summed E-state index contributed by atoms with van der Waals surface area (Å²) in [6.45, 7) is 2.30. The quantitative estimate of drug-likeness (QED) is 0.730. The van der Waals surface area contributed by atoms with Gasteiger partial charge in [0.25, 0.3) is 5.91 Å². The van der Waals surface area contributed by atoms with E-state index in [9.17, 15) is 4.79 Å². The van der Waals surface area contributed by atoms with Crippen molar-refractivity contribution in [3.05, 3.63) is 53.7 Å². The molecule has 0 saturated carbocycles. The molecular formula is C19H26N4O2. The van der Waals surface area contributed by atoms with Crippen LogP contribution in [-0.2, 0) is 6.42 Å². The summed E-state index contributed by atoms with van der Waals surface area (Å²) in [6.07, 6.45) is 2.35. The number of methoxy groups -OCH3 is 1. The molecule has 25 heavy (non-hydrogen) atoms. The second-order valence-corrected chi connectivity index (χ2v) is 6.02.